The standard InChI is InChI=1S/C27H18N6O3/c1-16-4-7-19(10-22(16)28-13-34)25-31-26(20-8-5-17(2)23(11-20)29-14-35)33-27(32-25)21-9-6-18(3)24(12-21)30-15-36/h4-12H,1-3H3. The number of hydrogen-bond acceptors (Lipinski definition) is 9. The second-order valence-corrected chi connectivity index (χ2v) is 7.92. The van der Waals surface area contributed by atoms with Gasteiger partial charge in [-0.2, -0.15) is 15.0 Å². The van der Waals surface area contributed by atoms with Crippen LogP contribution in [0.25, 0.3) is 34.2 Å². The maximum atomic E-state index is 10.9. The lowest BCUT2D eigenvalue weighted by Gasteiger charge is -2.10. The Hall–Kier alpha value is -5.19. The fourth-order valence-electron chi connectivity index (χ4n) is 3.52. The first-order valence-electron chi connectivity index (χ1n) is 10.8. The van der Waals surface area contributed by atoms with Gasteiger partial charge in [0, 0.05) is 16.7 Å². The van der Waals surface area contributed by atoms with Gasteiger partial charge in [-0.1, -0.05) is 36.4 Å². The average Bonchev–Trinajstić information content (AvgIpc) is 2.88. The topological polar surface area (TPSA) is 127 Å². The third-order valence-corrected chi connectivity index (χ3v) is 5.54. The molecular formula is C27H18N6O3. The third kappa shape index (κ3) is 4.99. The van der Waals surface area contributed by atoms with Gasteiger partial charge in [-0.3, -0.25) is 0 Å². The molecule has 4 rings (SSSR count). The van der Waals surface area contributed by atoms with Gasteiger partial charge < -0.3 is 0 Å². The summed E-state index contributed by atoms with van der Waals surface area (Å²) in [6.07, 6.45) is 4.69. The zero-order chi connectivity index (χ0) is 25.7. The lowest BCUT2D eigenvalue weighted by molar-refractivity contribution is 0.564. The Balaban J connectivity index is 1.98. The molecule has 0 aliphatic heterocycles. The average molecular weight is 474 g/mol. The lowest BCUT2D eigenvalue weighted by Crippen LogP contribution is -2.00. The number of nitrogens with zero attached hydrogens (tertiary/aromatic N) is 6. The molecule has 1 aromatic heterocycles. The van der Waals surface area contributed by atoms with Crippen LogP contribution in [0.1, 0.15) is 16.7 Å². The highest BCUT2D eigenvalue weighted by Crippen LogP contribution is 2.32. The molecule has 0 saturated heterocycles. The Bertz CT molecular complexity index is 1440. The van der Waals surface area contributed by atoms with Gasteiger partial charge in [0.2, 0.25) is 18.2 Å². The Kier molecular flexibility index (Phi) is 6.91. The van der Waals surface area contributed by atoms with Crippen LogP contribution < -0.4 is 0 Å². The number of aliphatic imine (C=N–C) groups is 3. The summed E-state index contributed by atoms with van der Waals surface area (Å²) < 4.78 is 0. The van der Waals surface area contributed by atoms with Crippen molar-refractivity contribution in [2.75, 3.05) is 0 Å². The molecule has 3 aromatic carbocycles. The van der Waals surface area contributed by atoms with Crippen LogP contribution in [0.3, 0.4) is 0 Å². The van der Waals surface area contributed by atoms with Gasteiger partial charge in [-0.05, 0) is 55.7 Å². The molecule has 0 radical (unpaired) electrons. The SMILES string of the molecule is Cc1ccc(-c2nc(-c3ccc(C)c(N=C=O)c3)nc(-c3ccc(C)c(N=C=O)c3)n2)cc1N=C=O. The normalized spacial score (nSPS) is 10.1. The van der Waals surface area contributed by atoms with Crippen LogP contribution in [0, 0.1) is 20.8 Å². The first-order valence-corrected chi connectivity index (χ1v) is 10.8. The first-order chi connectivity index (χ1) is 17.4. The van der Waals surface area contributed by atoms with E-state index in [4.69, 9.17) is 0 Å². The Labute approximate surface area is 206 Å². The molecule has 36 heavy (non-hydrogen) atoms. The Morgan fingerprint density at radius 1 is 0.500 bits per heavy atom. The summed E-state index contributed by atoms with van der Waals surface area (Å²) in [5, 5.41) is 0. The van der Waals surface area contributed by atoms with E-state index in [1.165, 1.54) is 0 Å². The van der Waals surface area contributed by atoms with Crippen molar-refractivity contribution in [1.82, 2.24) is 15.0 Å². The summed E-state index contributed by atoms with van der Waals surface area (Å²) in [7, 11) is 0. The van der Waals surface area contributed by atoms with Gasteiger partial charge in [0.05, 0.1) is 17.1 Å². The number of aromatic nitrogens is 3. The zero-order valence-electron chi connectivity index (χ0n) is 19.6. The number of hydrogen-bond donors (Lipinski definition) is 0. The number of benzene rings is 3. The van der Waals surface area contributed by atoms with Gasteiger partial charge in [0.1, 0.15) is 0 Å². The summed E-state index contributed by atoms with van der Waals surface area (Å²) in [6.45, 7) is 5.48. The van der Waals surface area contributed by atoms with Crippen molar-refractivity contribution < 1.29 is 14.4 Å². The zero-order valence-corrected chi connectivity index (χ0v) is 19.6. The van der Waals surface area contributed by atoms with Crippen molar-refractivity contribution in [3.63, 3.8) is 0 Å². The summed E-state index contributed by atoms with van der Waals surface area (Å²) in [5.41, 5.74) is 5.54. The minimum atomic E-state index is 0.333. The van der Waals surface area contributed by atoms with Gasteiger partial charge in [0.25, 0.3) is 0 Å². The number of rotatable bonds is 6. The Morgan fingerprint density at radius 2 is 0.778 bits per heavy atom. The summed E-state index contributed by atoms with van der Waals surface area (Å²) in [4.78, 5) is 57.9. The summed E-state index contributed by atoms with van der Waals surface area (Å²) >= 11 is 0. The maximum Gasteiger partial charge on any atom is 0.240 e. The smallest absolute Gasteiger partial charge is 0.211 e. The van der Waals surface area contributed by atoms with E-state index < -0.39 is 0 Å². The van der Waals surface area contributed by atoms with E-state index in [0.717, 1.165) is 16.7 Å². The largest absolute Gasteiger partial charge is 0.240 e. The molecule has 0 N–H and O–H groups in total. The molecule has 0 saturated carbocycles. The highest BCUT2D eigenvalue weighted by Gasteiger charge is 2.15. The maximum absolute atomic E-state index is 10.9. The van der Waals surface area contributed by atoms with E-state index in [9.17, 15) is 14.4 Å². The molecule has 0 amide bonds. The van der Waals surface area contributed by atoms with Gasteiger partial charge in [-0.15, -0.1) is 0 Å². The van der Waals surface area contributed by atoms with Crippen LogP contribution in [0.5, 0.6) is 0 Å². The molecule has 0 aliphatic carbocycles. The fourth-order valence-corrected chi connectivity index (χ4v) is 3.52. The molecule has 0 bridgehead atoms. The Morgan fingerprint density at radius 3 is 1.03 bits per heavy atom. The predicted molar refractivity (Wildman–Crippen MR) is 134 cm³/mol. The van der Waals surface area contributed by atoms with E-state index in [-0.39, 0.29) is 0 Å². The minimum absolute atomic E-state index is 0.333. The van der Waals surface area contributed by atoms with Crippen molar-refractivity contribution in [2.45, 2.75) is 20.8 Å². The molecule has 0 aliphatic rings. The highest BCUT2D eigenvalue weighted by atomic mass is 16.1. The van der Waals surface area contributed by atoms with Crippen molar-refractivity contribution in [3.8, 4) is 34.2 Å². The number of isocyanates is 3. The first kappa shape index (κ1) is 24.0. The molecule has 0 atom stereocenters. The molecule has 174 valence electrons. The van der Waals surface area contributed by atoms with E-state index in [1.54, 1.807) is 54.6 Å². The molecule has 9 nitrogen and oxygen atoms in total. The van der Waals surface area contributed by atoms with Crippen molar-refractivity contribution in [2.24, 2.45) is 15.0 Å². The molecule has 0 spiro atoms. The summed E-state index contributed by atoms with van der Waals surface area (Å²) in [6, 6.07) is 15.9. The third-order valence-electron chi connectivity index (χ3n) is 5.54. The minimum Gasteiger partial charge on any atom is -0.211 e. The van der Waals surface area contributed by atoms with E-state index in [0.29, 0.717) is 51.2 Å². The highest BCUT2D eigenvalue weighted by molar-refractivity contribution is 5.73. The van der Waals surface area contributed by atoms with Crippen molar-refractivity contribution in [3.05, 3.63) is 71.3 Å². The predicted octanol–water partition coefficient (Wildman–Crippen LogP) is 5.70. The van der Waals surface area contributed by atoms with Gasteiger partial charge in [0.15, 0.2) is 17.5 Å². The van der Waals surface area contributed by atoms with Crippen LogP contribution in [-0.2, 0) is 14.4 Å². The van der Waals surface area contributed by atoms with E-state index >= 15 is 0 Å². The molecule has 0 fully saturated rings. The summed E-state index contributed by atoms with van der Waals surface area (Å²) in [5.74, 6) is 0.998. The number of aryl methyl sites for hydroxylation is 3. The quantitative estimate of drug-likeness (QED) is 0.260. The number of carbonyl (C=O) groups excluding carboxylic acids is 3. The van der Waals surface area contributed by atoms with Crippen LogP contribution >= 0.6 is 0 Å². The van der Waals surface area contributed by atoms with Crippen molar-refractivity contribution >= 4 is 35.3 Å². The fraction of sp³-hybridized carbons (Fsp3) is 0.111. The van der Waals surface area contributed by atoms with Crippen molar-refractivity contribution in [1.29, 1.82) is 0 Å². The monoisotopic (exact) mass is 474 g/mol. The van der Waals surface area contributed by atoms with E-state index in [1.807, 2.05) is 39.0 Å². The molecular weight excluding hydrogens is 456 g/mol. The molecule has 0 unspecified atom stereocenters. The second-order valence-electron chi connectivity index (χ2n) is 7.92. The van der Waals surface area contributed by atoms with E-state index in [2.05, 4.69) is 29.9 Å². The van der Waals surface area contributed by atoms with Crippen LogP contribution in [-0.4, -0.2) is 33.2 Å². The van der Waals surface area contributed by atoms with Gasteiger partial charge in [-0.25, -0.2) is 29.3 Å². The molecule has 9 heteroatoms. The molecule has 1 heterocycles. The molecule has 4 aromatic rings. The second kappa shape index (κ2) is 10.4. The van der Waals surface area contributed by atoms with Crippen LogP contribution in [0.2, 0.25) is 0 Å². The van der Waals surface area contributed by atoms with Crippen LogP contribution in [0.15, 0.2) is 69.6 Å². The lowest BCUT2D eigenvalue weighted by atomic mass is 10.1. The van der Waals surface area contributed by atoms with Gasteiger partial charge >= 0.3 is 0 Å². The van der Waals surface area contributed by atoms with Crippen LogP contribution in [0.4, 0.5) is 17.1 Å².